The molecule has 15 heavy (non-hydrogen) atoms. The van der Waals surface area contributed by atoms with E-state index in [4.69, 9.17) is 0 Å². The Hall–Kier alpha value is -1.09. The van der Waals surface area contributed by atoms with E-state index in [0.29, 0.717) is 5.75 Å². The third-order valence-corrected chi connectivity index (χ3v) is 2.68. The number of aromatic nitrogens is 1. The molecule has 2 nitrogen and oxygen atoms in total. The summed E-state index contributed by atoms with van der Waals surface area (Å²) in [6.07, 6.45) is 5.78. The Morgan fingerprint density at radius 3 is 2.87 bits per heavy atom. The van der Waals surface area contributed by atoms with Gasteiger partial charge in [-0.1, -0.05) is 23.9 Å². The summed E-state index contributed by atoms with van der Waals surface area (Å²) in [5, 5.41) is 0.147. The fraction of sp³-hybridized carbons (Fsp3) is 0.333. The van der Waals surface area contributed by atoms with Crippen LogP contribution in [0.25, 0.3) is 6.08 Å². The number of nitrogens with zero attached hydrogens (tertiary/aromatic N) is 1. The molecule has 0 radical (unpaired) electrons. The maximum absolute atomic E-state index is 10.7. The van der Waals surface area contributed by atoms with Gasteiger partial charge >= 0.3 is 0 Å². The molecule has 0 atom stereocenters. The molecule has 1 aromatic rings. The second-order valence-corrected chi connectivity index (χ2v) is 4.62. The molecule has 0 fully saturated rings. The average molecular weight is 221 g/mol. The van der Waals surface area contributed by atoms with Crippen LogP contribution >= 0.6 is 11.8 Å². The number of rotatable bonds is 3. The van der Waals surface area contributed by atoms with Gasteiger partial charge in [-0.15, -0.1) is 0 Å². The van der Waals surface area contributed by atoms with Crippen molar-refractivity contribution < 1.29 is 4.79 Å². The van der Waals surface area contributed by atoms with Crippen LogP contribution in [0.2, 0.25) is 0 Å². The third kappa shape index (κ3) is 4.30. The van der Waals surface area contributed by atoms with Crippen LogP contribution < -0.4 is 0 Å². The van der Waals surface area contributed by atoms with Crippen molar-refractivity contribution in [3.8, 4) is 0 Å². The second-order valence-electron chi connectivity index (χ2n) is 3.42. The van der Waals surface area contributed by atoms with E-state index in [1.807, 2.05) is 32.2 Å². The lowest BCUT2D eigenvalue weighted by molar-refractivity contribution is -0.109. The molecule has 0 saturated heterocycles. The topological polar surface area (TPSA) is 30.0 Å². The maximum Gasteiger partial charge on any atom is 0.186 e. The third-order valence-electron chi connectivity index (χ3n) is 1.91. The van der Waals surface area contributed by atoms with Gasteiger partial charge < -0.3 is 0 Å². The minimum Gasteiger partial charge on any atom is -0.288 e. The SMILES string of the molecule is CC(=O)SCC=Cc1ncc(C)cc1C. The van der Waals surface area contributed by atoms with Gasteiger partial charge in [-0.2, -0.15) is 0 Å². The Morgan fingerprint density at radius 1 is 1.53 bits per heavy atom. The number of thioether (sulfide) groups is 1. The van der Waals surface area contributed by atoms with Crippen molar-refractivity contribution in [3.05, 3.63) is 35.2 Å². The second kappa shape index (κ2) is 5.71. The van der Waals surface area contributed by atoms with Crippen LogP contribution in [0, 0.1) is 13.8 Å². The zero-order valence-electron chi connectivity index (χ0n) is 9.28. The Labute approximate surface area is 94.8 Å². The molecule has 1 heterocycles. The summed E-state index contributed by atoms with van der Waals surface area (Å²) in [5.74, 6) is 0.713. The van der Waals surface area contributed by atoms with Crippen LogP contribution in [0.5, 0.6) is 0 Å². The van der Waals surface area contributed by atoms with Gasteiger partial charge in [-0.05, 0) is 31.1 Å². The van der Waals surface area contributed by atoms with Crippen LogP contribution in [0.4, 0.5) is 0 Å². The molecule has 1 aromatic heterocycles. The Bertz CT molecular complexity index is 385. The first-order valence-corrected chi connectivity index (χ1v) is 5.81. The van der Waals surface area contributed by atoms with Crippen molar-refractivity contribution in [2.75, 3.05) is 5.75 Å². The standard InChI is InChI=1S/C12H15NOS/c1-9-7-10(2)12(13-8-9)5-4-6-15-11(3)14/h4-5,7-8H,6H2,1-3H3. The maximum atomic E-state index is 10.7. The van der Waals surface area contributed by atoms with Gasteiger partial charge in [0.15, 0.2) is 5.12 Å². The predicted octanol–water partition coefficient (Wildman–Crippen LogP) is 2.99. The van der Waals surface area contributed by atoms with E-state index in [0.717, 1.165) is 5.69 Å². The van der Waals surface area contributed by atoms with Crippen molar-refractivity contribution >= 4 is 23.0 Å². The fourth-order valence-electron chi connectivity index (χ4n) is 1.23. The summed E-state index contributed by atoms with van der Waals surface area (Å²) >= 11 is 1.31. The van der Waals surface area contributed by atoms with Crippen molar-refractivity contribution in [3.63, 3.8) is 0 Å². The molecule has 0 aromatic carbocycles. The Balaban J connectivity index is 2.60. The average Bonchev–Trinajstić information content (AvgIpc) is 2.14. The molecular formula is C12H15NOS. The molecule has 0 aliphatic heterocycles. The van der Waals surface area contributed by atoms with Gasteiger partial charge in [0.05, 0.1) is 5.69 Å². The molecule has 1 rings (SSSR count). The highest BCUT2D eigenvalue weighted by Crippen LogP contribution is 2.09. The van der Waals surface area contributed by atoms with Gasteiger partial charge in [0.25, 0.3) is 0 Å². The van der Waals surface area contributed by atoms with Gasteiger partial charge in [0.2, 0.25) is 0 Å². The summed E-state index contributed by atoms with van der Waals surface area (Å²) in [4.78, 5) is 15.0. The van der Waals surface area contributed by atoms with Crippen LogP contribution in [0.1, 0.15) is 23.7 Å². The zero-order valence-corrected chi connectivity index (χ0v) is 10.1. The Morgan fingerprint density at radius 2 is 2.27 bits per heavy atom. The molecule has 0 N–H and O–H groups in total. The molecule has 3 heteroatoms. The molecule has 0 aliphatic rings. The van der Waals surface area contributed by atoms with E-state index in [1.165, 1.54) is 22.9 Å². The zero-order chi connectivity index (χ0) is 11.3. The molecule has 0 spiro atoms. The van der Waals surface area contributed by atoms with Crippen molar-refractivity contribution in [2.45, 2.75) is 20.8 Å². The number of hydrogen-bond acceptors (Lipinski definition) is 3. The summed E-state index contributed by atoms with van der Waals surface area (Å²) < 4.78 is 0. The first-order chi connectivity index (χ1) is 7.09. The number of hydrogen-bond donors (Lipinski definition) is 0. The van der Waals surface area contributed by atoms with Crippen LogP contribution in [0.15, 0.2) is 18.3 Å². The fourth-order valence-corrected chi connectivity index (χ4v) is 1.65. The summed E-state index contributed by atoms with van der Waals surface area (Å²) in [6, 6.07) is 2.10. The van der Waals surface area contributed by atoms with Gasteiger partial charge in [-0.25, -0.2) is 0 Å². The van der Waals surface area contributed by atoms with E-state index < -0.39 is 0 Å². The Kier molecular flexibility index (Phi) is 4.56. The summed E-state index contributed by atoms with van der Waals surface area (Å²) in [6.45, 7) is 5.64. The molecule has 0 unspecified atom stereocenters. The molecular weight excluding hydrogens is 206 g/mol. The lowest BCUT2D eigenvalue weighted by atomic mass is 10.1. The van der Waals surface area contributed by atoms with E-state index in [-0.39, 0.29) is 5.12 Å². The van der Waals surface area contributed by atoms with Gasteiger partial charge in [0.1, 0.15) is 0 Å². The number of pyridine rings is 1. The van der Waals surface area contributed by atoms with Crippen LogP contribution in [-0.4, -0.2) is 15.9 Å². The van der Waals surface area contributed by atoms with Crippen LogP contribution in [0.3, 0.4) is 0 Å². The van der Waals surface area contributed by atoms with E-state index in [9.17, 15) is 4.79 Å². The summed E-state index contributed by atoms with van der Waals surface area (Å²) in [5.41, 5.74) is 3.31. The summed E-state index contributed by atoms with van der Waals surface area (Å²) in [7, 11) is 0. The lowest BCUT2D eigenvalue weighted by Crippen LogP contribution is -1.88. The largest absolute Gasteiger partial charge is 0.288 e. The number of carbonyl (C=O) groups is 1. The first-order valence-electron chi connectivity index (χ1n) is 4.83. The number of aryl methyl sites for hydroxylation is 2. The molecule has 0 aliphatic carbocycles. The minimum absolute atomic E-state index is 0.147. The van der Waals surface area contributed by atoms with E-state index in [1.54, 1.807) is 6.92 Å². The van der Waals surface area contributed by atoms with Gasteiger partial charge in [0, 0.05) is 18.9 Å². The van der Waals surface area contributed by atoms with Crippen molar-refractivity contribution in [1.29, 1.82) is 0 Å². The van der Waals surface area contributed by atoms with Crippen molar-refractivity contribution in [1.82, 2.24) is 4.98 Å². The smallest absolute Gasteiger partial charge is 0.186 e. The molecule has 0 bridgehead atoms. The van der Waals surface area contributed by atoms with Crippen LogP contribution in [-0.2, 0) is 4.79 Å². The molecule has 80 valence electrons. The number of carbonyl (C=O) groups excluding carboxylic acids is 1. The van der Waals surface area contributed by atoms with Crippen molar-refractivity contribution in [2.24, 2.45) is 0 Å². The lowest BCUT2D eigenvalue weighted by Gasteiger charge is -2.00. The van der Waals surface area contributed by atoms with E-state index >= 15 is 0 Å². The highest BCUT2D eigenvalue weighted by atomic mass is 32.2. The quantitative estimate of drug-likeness (QED) is 0.786. The molecule has 0 saturated carbocycles. The first kappa shape index (κ1) is 12.0. The highest BCUT2D eigenvalue weighted by Gasteiger charge is 1.95. The monoisotopic (exact) mass is 221 g/mol. The normalized spacial score (nSPS) is 10.9. The van der Waals surface area contributed by atoms with Gasteiger partial charge in [-0.3, -0.25) is 9.78 Å². The highest BCUT2D eigenvalue weighted by molar-refractivity contribution is 8.13. The van der Waals surface area contributed by atoms with E-state index in [2.05, 4.69) is 11.1 Å². The molecule has 0 amide bonds. The minimum atomic E-state index is 0.147. The predicted molar refractivity (Wildman–Crippen MR) is 65.9 cm³/mol.